The van der Waals surface area contributed by atoms with Crippen LogP contribution in [0.2, 0.25) is 0 Å². The molecule has 6 heteroatoms. The van der Waals surface area contributed by atoms with Gasteiger partial charge >= 0.3 is 0 Å². The Morgan fingerprint density at radius 3 is 2.62 bits per heavy atom. The fourth-order valence-electron chi connectivity index (χ4n) is 2.44. The molecule has 0 atom stereocenters. The predicted molar refractivity (Wildman–Crippen MR) is 100 cm³/mol. The number of aromatic nitrogens is 2. The molecule has 0 saturated carbocycles. The van der Waals surface area contributed by atoms with Crippen LogP contribution in [0.15, 0.2) is 60.8 Å². The second kappa shape index (κ2) is 7.90. The number of carbonyl (C=O) groups excluding carboxylic acids is 1. The van der Waals surface area contributed by atoms with Crippen LogP contribution in [0, 0.1) is 11.3 Å². The van der Waals surface area contributed by atoms with Crippen LogP contribution in [0.5, 0.6) is 0 Å². The summed E-state index contributed by atoms with van der Waals surface area (Å²) in [5.74, 6) is 0.0160. The van der Waals surface area contributed by atoms with Crippen LogP contribution in [-0.4, -0.2) is 15.9 Å². The summed E-state index contributed by atoms with van der Waals surface area (Å²) in [6, 6.07) is 18.2. The zero-order valence-corrected chi connectivity index (χ0v) is 14.2. The SMILES string of the molecule is CCc1ccccc1NC(=O)c1ccnc(Nc2ccc(C#N)cc2)n1. The van der Waals surface area contributed by atoms with E-state index in [4.69, 9.17) is 5.26 Å². The number of amides is 1. The molecule has 26 heavy (non-hydrogen) atoms. The molecule has 0 spiro atoms. The van der Waals surface area contributed by atoms with Gasteiger partial charge in [0.2, 0.25) is 5.95 Å². The number of rotatable bonds is 5. The van der Waals surface area contributed by atoms with Crippen LogP contribution in [0.25, 0.3) is 0 Å². The van der Waals surface area contributed by atoms with E-state index in [0.29, 0.717) is 11.5 Å². The van der Waals surface area contributed by atoms with Crippen molar-refractivity contribution in [2.75, 3.05) is 10.6 Å². The fourth-order valence-corrected chi connectivity index (χ4v) is 2.44. The molecule has 0 aliphatic heterocycles. The Morgan fingerprint density at radius 2 is 1.88 bits per heavy atom. The molecule has 0 saturated heterocycles. The molecule has 1 aromatic heterocycles. The maximum Gasteiger partial charge on any atom is 0.274 e. The molecular formula is C20H17N5O. The third-order valence-electron chi connectivity index (χ3n) is 3.80. The van der Waals surface area contributed by atoms with Crippen molar-refractivity contribution < 1.29 is 4.79 Å². The first-order chi connectivity index (χ1) is 12.7. The van der Waals surface area contributed by atoms with E-state index in [1.165, 1.54) is 6.20 Å². The largest absolute Gasteiger partial charge is 0.324 e. The smallest absolute Gasteiger partial charge is 0.274 e. The minimum atomic E-state index is -0.295. The monoisotopic (exact) mass is 343 g/mol. The molecule has 0 radical (unpaired) electrons. The summed E-state index contributed by atoms with van der Waals surface area (Å²) in [5, 5.41) is 14.8. The van der Waals surface area contributed by atoms with Crippen LogP contribution in [0.3, 0.4) is 0 Å². The number of hydrogen-bond acceptors (Lipinski definition) is 5. The van der Waals surface area contributed by atoms with E-state index in [9.17, 15) is 4.79 Å². The molecule has 2 aromatic carbocycles. The third-order valence-corrected chi connectivity index (χ3v) is 3.80. The van der Waals surface area contributed by atoms with E-state index in [0.717, 1.165) is 23.4 Å². The number of nitriles is 1. The molecule has 3 rings (SSSR count). The topological polar surface area (TPSA) is 90.7 Å². The zero-order valence-electron chi connectivity index (χ0n) is 14.2. The summed E-state index contributed by atoms with van der Waals surface area (Å²) < 4.78 is 0. The van der Waals surface area contributed by atoms with Crippen LogP contribution < -0.4 is 10.6 Å². The average molecular weight is 343 g/mol. The van der Waals surface area contributed by atoms with Gasteiger partial charge in [-0.2, -0.15) is 5.26 Å². The summed E-state index contributed by atoms with van der Waals surface area (Å²) in [4.78, 5) is 20.9. The molecule has 1 amide bonds. The average Bonchev–Trinajstić information content (AvgIpc) is 2.69. The number of anilines is 3. The predicted octanol–water partition coefficient (Wildman–Crippen LogP) is 3.91. The Labute approximate surface area is 151 Å². The second-order valence-corrected chi connectivity index (χ2v) is 5.54. The maximum absolute atomic E-state index is 12.5. The molecule has 0 aliphatic carbocycles. The van der Waals surface area contributed by atoms with E-state index >= 15 is 0 Å². The summed E-state index contributed by atoms with van der Waals surface area (Å²) in [7, 11) is 0. The first-order valence-corrected chi connectivity index (χ1v) is 8.19. The van der Waals surface area contributed by atoms with Gasteiger partial charge < -0.3 is 10.6 Å². The molecule has 0 aliphatic rings. The molecule has 2 N–H and O–H groups in total. The van der Waals surface area contributed by atoms with Crippen LogP contribution in [0.4, 0.5) is 17.3 Å². The number of nitrogens with one attached hydrogen (secondary N) is 2. The van der Waals surface area contributed by atoms with Gasteiger partial charge in [-0.3, -0.25) is 4.79 Å². The van der Waals surface area contributed by atoms with Gasteiger partial charge in [0.1, 0.15) is 5.69 Å². The molecule has 0 fully saturated rings. The van der Waals surface area contributed by atoms with Gasteiger partial charge in [-0.15, -0.1) is 0 Å². The first kappa shape index (κ1) is 17.1. The van der Waals surface area contributed by atoms with Crippen molar-refractivity contribution >= 4 is 23.2 Å². The van der Waals surface area contributed by atoms with E-state index in [1.54, 1.807) is 30.3 Å². The quantitative estimate of drug-likeness (QED) is 0.733. The van der Waals surface area contributed by atoms with Crippen molar-refractivity contribution in [1.82, 2.24) is 9.97 Å². The summed E-state index contributed by atoms with van der Waals surface area (Å²) in [6.07, 6.45) is 2.35. The van der Waals surface area contributed by atoms with E-state index < -0.39 is 0 Å². The number of aryl methyl sites for hydroxylation is 1. The molecule has 6 nitrogen and oxygen atoms in total. The second-order valence-electron chi connectivity index (χ2n) is 5.54. The minimum absolute atomic E-state index is 0.266. The van der Waals surface area contributed by atoms with Crippen molar-refractivity contribution in [3.8, 4) is 6.07 Å². The van der Waals surface area contributed by atoms with Gasteiger partial charge in [0.05, 0.1) is 11.6 Å². The summed E-state index contributed by atoms with van der Waals surface area (Å²) in [5.41, 5.74) is 3.41. The molecule has 0 unspecified atom stereocenters. The number of para-hydroxylation sites is 1. The highest BCUT2D eigenvalue weighted by atomic mass is 16.1. The van der Waals surface area contributed by atoms with Gasteiger partial charge in [0.15, 0.2) is 0 Å². The van der Waals surface area contributed by atoms with Crippen molar-refractivity contribution in [3.05, 3.63) is 77.6 Å². The lowest BCUT2D eigenvalue weighted by atomic mass is 10.1. The van der Waals surface area contributed by atoms with Crippen molar-refractivity contribution in [3.63, 3.8) is 0 Å². The van der Waals surface area contributed by atoms with Gasteiger partial charge in [0, 0.05) is 17.6 Å². The Morgan fingerprint density at radius 1 is 1.12 bits per heavy atom. The Bertz CT molecular complexity index is 960. The Balaban J connectivity index is 1.75. The number of hydrogen-bond donors (Lipinski definition) is 2. The zero-order chi connectivity index (χ0) is 18.4. The maximum atomic E-state index is 12.5. The number of benzene rings is 2. The van der Waals surface area contributed by atoms with E-state index in [1.807, 2.05) is 31.2 Å². The van der Waals surface area contributed by atoms with Crippen LogP contribution >= 0.6 is 0 Å². The fraction of sp³-hybridized carbons (Fsp3) is 0.100. The summed E-state index contributed by atoms with van der Waals surface area (Å²) in [6.45, 7) is 2.04. The number of carbonyl (C=O) groups is 1. The highest BCUT2D eigenvalue weighted by molar-refractivity contribution is 6.03. The van der Waals surface area contributed by atoms with Crippen molar-refractivity contribution in [1.29, 1.82) is 5.26 Å². The Hall–Kier alpha value is -3.72. The highest BCUT2D eigenvalue weighted by Gasteiger charge is 2.11. The lowest BCUT2D eigenvalue weighted by molar-refractivity contribution is 0.102. The first-order valence-electron chi connectivity index (χ1n) is 8.19. The lowest BCUT2D eigenvalue weighted by Gasteiger charge is -2.10. The van der Waals surface area contributed by atoms with Gasteiger partial charge in [-0.1, -0.05) is 25.1 Å². The molecular weight excluding hydrogens is 326 g/mol. The van der Waals surface area contributed by atoms with Gasteiger partial charge in [-0.05, 0) is 48.4 Å². The standard InChI is InChI=1S/C20H17N5O/c1-2-15-5-3-4-6-17(15)24-19(26)18-11-12-22-20(25-18)23-16-9-7-14(13-21)8-10-16/h3-12H,2H2,1H3,(H,24,26)(H,22,23,25). The number of nitrogens with zero attached hydrogens (tertiary/aromatic N) is 3. The van der Waals surface area contributed by atoms with Crippen molar-refractivity contribution in [2.24, 2.45) is 0 Å². The van der Waals surface area contributed by atoms with Crippen molar-refractivity contribution in [2.45, 2.75) is 13.3 Å². The Kier molecular flexibility index (Phi) is 5.20. The molecule has 1 heterocycles. The minimum Gasteiger partial charge on any atom is -0.324 e. The normalized spacial score (nSPS) is 10.0. The van der Waals surface area contributed by atoms with Gasteiger partial charge in [0.25, 0.3) is 5.91 Å². The van der Waals surface area contributed by atoms with Crippen LogP contribution in [-0.2, 0) is 6.42 Å². The molecule has 3 aromatic rings. The van der Waals surface area contributed by atoms with E-state index in [-0.39, 0.29) is 11.6 Å². The van der Waals surface area contributed by atoms with E-state index in [2.05, 4.69) is 26.7 Å². The third kappa shape index (κ3) is 4.02. The van der Waals surface area contributed by atoms with Gasteiger partial charge in [-0.25, -0.2) is 9.97 Å². The van der Waals surface area contributed by atoms with Crippen LogP contribution in [0.1, 0.15) is 28.5 Å². The lowest BCUT2D eigenvalue weighted by Crippen LogP contribution is -2.15. The molecule has 128 valence electrons. The summed E-state index contributed by atoms with van der Waals surface area (Å²) >= 11 is 0. The molecule has 0 bridgehead atoms. The highest BCUT2D eigenvalue weighted by Crippen LogP contribution is 2.17.